The van der Waals surface area contributed by atoms with Gasteiger partial charge in [-0.05, 0) is 84.4 Å². The highest BCUT2D eigenvalue weighted by Crippen LogP contribution is 2.40. The summed E-state index contributed by atoms with van der Waals surface area (Å²) in [5.41, 5.74) is 1.27. The van der Waals surface area contributed by atoms with Crippen LogP contribution in [0.4, 0.5) is 10.5 Å². The molecule has 4 heterocycles. The van der Waals surface area contributed by atoms with Gasteiger partial charge in [-0.25, -0.2) is 29.8 Å². The Balaban J connectivity index is 1.16. The zero-order chi connectivity index (χ0) is 60.0. The molecule has 4 bridgehead atoms. The quantitative estimate of drug-likeness (QED) is 0.0316. The summed E-state index contributed by atoms with van der Waals surface area (Å²) >= 11 is 6.79. The Labute approximate surface area is 483 Å². The number of anilines is 1. The van der Waals surface area contributed by atoms with E-state index in [9.17, 15) is 48.6 Å². The number of methoxy groups -OCH3 is 2. The standard InChI is InChI=1S/C54H73ClN8O16S2/c1-31-14-12-15-40(75-11)54(73)27-39(77-51(71)58-54)32(2)26-53(7,72)41(25-47(68)62(9)37-23-35(22-31)24-38(74-10)49(37)55)78-50(70)34(4)61(8)44(65)19-21-80-81-52(5,6)28-42(64)60-59-33(3)36-29-57-43(30-56-36)76-20-13-16-48(69)79-63-45(66)17-18-46(63)67/h12,14-15,23-24,29-30,32,34,39-41,72-73H,13,16-22,25-28H2,1-11H3,(H,58,71)(H,60,64)/b15-12+,31-14+,59-33-/t32-,34-,39-,40+,41-,53?,54-/m0/s1. The summed E-state index contributed by atoms with van der Waals surface area (Å²) in [6.45, 7) is 11.9. The van der Waals surface area contributed by atoms with Gasteiger partial charge in [0.2, 0.25) is 23.6 Å². The second kappa shape index (κ2) is 29.1. The first-order valence-corrected chi connectivity index (χ1v) is 28.8. The number of amides is 6. The Morgan fingerprint density at radius 2 is 1.77 bits per heavy atom. The van der Waals surface area contributed by atoms with Crippen LogP contribution in [0.5, 0.6) is 11.6 Å². The van der Waals surface area contributed by atoms with Crippen molar-refractivity contribution in [1.29, 1.82) is 0 Å². The number of imide groups is 1. The van der Waals surface area contributed by atoms with Crippen molar-refractivity contribution in [2.24, 2.45) is 11.0 Å². The first kappa shape index (κ1) is 65.5. The highest BCUT2D eigenvalue weighted by atomic mass is 35.5. The second-order valence-electron chi connectivity index (χ2n) is 20.9. The van der Waals surface area contributed by atoms with Crippen LogP contribution >= 0.6 is 33.2 Å². The molecule has 444 valence electrons. The van der Waals surface area contributed by atoms with E-state index in [1.54, 1.807) is 38.1 Å². The summed E-state index contributed by atoms with van der Waals surface area (Å²) in [7, 11) is 8.52. The average Bonchev–Trinajstić information content (AvgIpc) is 3.73. The minimum absolute atomic E-state index is 0.00159. The Hall–Kier alpha value is -6.32. The van der Waals surface area contributed by atoms with Gasteiger partial charge < -0.3 is 48.5 Å². The van der Waals surface area contributed by atoms with Crippen LogP contribution in [0.3, 0.4) is 0 Å². The third kappa shape index (κ3) is 18.6. The SMILES string of the molecule is COc1cc2cc(c1Cl)N(C)C(=O)C[C@H](OC(=O)[C@H](C)N(C)C(=O)CCSSC(C)(C)CC(=O)N/N=C(/C)c1cnc(OCCCC(=O)ON3C(=O)CCC3=O)cn1)C(C)(O)C[C@H](C)[C@@H]1C[C@@](O)(NC(=O)O1)[C@H](OC)/C=C/C=C(\C)C2. The predicted octanol–water partition coefficient (Wildman–Crippen LogP) is 5.53. The van der Waals surface area contributed by atoms with Crippen molar-refractivity contribution in [2.45, 2.75) is 153 Å². The number of fused-ring (bicyclic) bond motifs is 4. The number of nitrogens with zero attached hydrogens (tertiary/aromatic N) is 6. The number of hydrogen-bond donors (Lipinski definition) is 4. The summed E-state index contributed by atoms with van der Waals surface area (Å²) < 4.78 is 27.8. The zero-order valence-corrected chi connectivity index (χ0v) is 49.8. The number of aliphatic hydroxyl groups is 2. The van der Waals surface area contributed by atoms with Crippen LogP contribution in [-0.2, 0) is 59.0 Å². The van der Waals surface area contributed by atoms with Gasteiger partial charge in [-0.3, -0.25) is 29.3 Å². The number of esters is 1. The van der Waals surface area contributed by atoms with Gasteiger partial charge in [-0.15, -0.1) is 5.06 Å². The molecule has 1 aromatic carbocycles. The molecule has 81 heavy (non-hydrogen) atoms. The molecule has 4 N–H and O–H groups in total. The monoisotopic (exact) mass is 1190 g/mol. The van der Waals surface area contributed by atoms with Crippen LogP contribution in [0.25, 0.3) is 0 Å². The number of halogens is 1. The highest BCUT2D eigenvalue weighted by Gasteiger charge is 2.49. The van der Waals surface area contributed by atoms with Crippen molar-refractivity contribution in [2.75, 3.05) is 45.6 Å². The van der Waals surface area contributed by atoms with Gasteiger partial charge in [0.15, 0.2) is 5.72 Å². The number of rotatable bonds is 20. The van der Waals surface area contributed by atoms with Crippen molar-refractivity contribution < 1.29 is 77.1 Å². The zero-order valence-electron chi connectivity index (χ0n) is 47.4. The van der Waals surface area contributed by atoms with Gasteiger partial charge in [0.1, 0.15) is 40.8 Å². The number of hydrazone groups is 1. The molecule has 0 aliphatic carbocycles. The molecule has 1 unspecified atom stereocenters. The lowest BCUT2D eigenvalue weighted by atomic mass is 9.81. The lowest BCUT2D eigenvalue weighted by Gasteiger charge is -2.43. The maximum absolute atomic E-state index is 14.3. The molecule has 1 aromatic heterocycles. The Morgan fingerprint density at radius 3 is 2.42 bits per heavy atom. The molecule has 27 heteroatoms. The molecule has 7 atom stereocenters. The van der Waals surface area contributed by atoms with E-state index >= 15 is 0 Å². The normalized spacial score (nSPS) is 24.5. The fourth-order valence-corrected chi connectivity index (χ4v) is 11.6. The number of hydrogen-bond acceptors (Lipinski definition) is 21. The van der Waals surface area contributed by atoms with Crippen LogP contribution in [0, 0.1) is 5.92 Å². The molecule has 2 aromatic rings. The summed E-state index contributed by atoms with van der Waals surface area (Å²) in [6, 6.07) is 2.29. The molecular weight excluding hydrogens is 1120 g/mol. The van der Waals surface area contributed by atoms with Crippen molar-refractivity contribution in [3.63, 3.8) is 0 Å². The predicted molar refractivity (Wildman–Crippen MR) is 301 cm³/mol. The average molecular weight is 1190 g/mol. The third-order valence-corrected chi connectivity index (χ3v) is 17.3. The Kier molecular flexibility index (Phi) is 23.5. The third-order valence-electron chi connectivity index (χ3n) is 13.6. The molecule has 6 amide bonds. The largest absolute Gasteiger partial charge is 0.495 e. The lowest BCUT2D eigenvalue weighted by Crippen LogP contribution is -2.63. The molecule has 3 aliphatic heterocycles. The van der Waals surface area contributed by atoms with E-state index < -0.39 is 94.4 Å². The molecule has 0 saturated carbocycles. The minimum atomic E-state index is -1.97. The maximum atomic E-state index is 14.3. The minimum Gasteiger partial charge on any atom is -0.495 e. The van der Waals surface area contributed by atoms with Crippen LogP contribution in [0.1, 0.15) is 118 Å². The van der Waals surface area contributed by atoms with Gasteiger partial charge in [-0.2, -0.15) is 5.10 Å². The topological polar surface area (TPSA) is 304 Å². The van der Waals surface area contributed by atoms with Crippen LogP contribution < -0.4 is 25.1 Å². The van der Waals surface area contributed by atoms with E-state index in [4.69, 9.17) is 40.1 Å². The molecule has 0 radical (unpaired) electrons. The molecule has 5 rings (SSSR count). The second-order valence-corrected chi connectivity index (χ2v) is 24.4. The summed E-state index contributed by atoms with van der Waals surface area (Å²) in [5.74, 6) is -4.06. The molecule has 2 fully saturated rings. The number of aromatic nitrogens is 2. The van der Waals surface area contributed by atoms with E-state index in [0.717, 1.165) is 11.1 Å². The first-order valence-electron chi connectivity index (χ1n) is 26.1. The molecule has 2 saturated heterocycles. The lowest BCUT2D eigenvalue weighted by molar-refractivity contribution is -0.197. The fraction of sp³-hybridized carbons (Fsp3) is 0.574. The number of allylic oxidation sites excluding steroid dienone is 3. The maximum Gasteiger partial charge on any atom is 0.409 e. The highest BCUT2D eigenvalue weighted by molar-refractivity contribution is 8.77. The molecule has 0 spiro atoms. The number of likely N-dealkylation sites (N-methyl/N-ethyl adjacent to an activating group) is 1. The number of hydroxylamine groups is 2. The van der Waals surface area contributed by atoms with Crippen molar-refractivity contribution in [1.82, 2.24) is 30.7 Å². The van der Waals surface area contributed by atoms with E-state index in [1.807, 2.05) is 26.8 Å². The molecule has 24 nitrogen and oxygen atoms in total. The van der Waals surface area contributed by atoms with Gasteiger partial charge in [0.05, 0.1) is 56.0 Å². The first-order chi connectivity index (χ1) is 38.1. The van der Waals surface area contributed by atoms with E-state index in [2.05, 4.69) is 25.8 Å². The summed E-state index contributed by atoms with van der Waals surface area (Å²) in [6.07, 6.45) is 3.14. The van der Waals surface area contributed by atoms with E-state index in [-0.39, 0.29) is 74.8 Å². The Morgan fingerprint density at radius 1 is 1.06 bits per heavy atom. The van der Waals surface area contributed by atoms with Crippen LogP contribution in [0.2, 0.25) is 5.02 Å². The number of benzene rings is 1. The van der Waals surface area contributed by atoms with Crippen molar-refractivity contribution in [3.05, 3.63) is 64.6 Å². The van der Waals surface area contributed by atoms with Crippen molar-refractivity contribution >= 4 is 92.2 Å². The van der Waals surface area contributed by atoms with Crippen LogP contribution in [0.15, 0.2) is 53.4 Å². The van der Waals surface area contributed by atoms with E-state index in [1.165, 1.54) is 85.9 Å². The number of ether oxygens (including phenoxy) is 5. The summed E-state index contributed by atoms with van der Waals surface area (Å²) in [5, 5.41) is 31.4. The van der Waals surface area contributed by atoms with Crippen LogP contribution in [-0.4, -0.2) is 165 Å². The number of alkyl carbamates (subject to hydrolysis) is 1. The fourth-order valence-electron chi connectivity index (χ4n) is 8.80. The van der Waals surface area contributed by atoms with Gasteiger partial charge in [-0.1, -0.05) is 63.9 Å². The molecule has 3 aliphatic rings. The number of carbonyl (C=O) groups is 8. The summed E-state index contributed by atoms with van der Waals surface area (Å²) in [4.78, 5) is 119. The van der Waals surface area contributed by atoms with Gasteiger partial charge in [0, 0.05) is 63.8 Å². The Bertz CT molecular complexity index is 2730. The van der Waals surface area contributed by atoms with E-state index in [0.29, 0.717) is 40.1 Å². The van der Waals surface area contributed by atoms with Crippen molar-refractivity contribution in [3.8, 4) is 11.6 Å². The van der Waals surface area contributed by atoms with Gasteiger partial charge >= 0.3 is 18.0 Å². The number of carbonyl (C=O) groups excluding carboxylic acids is 8. The smallest absolute Gasteiger partial charge is 0.409 e. The molecular formula is C54H73ClN8O16S2. The van der Waals surface area contributed by atoms with Gasteiger partial charge in [0.25, 0.3) is 11.8 Å². The number of nitrogens with one attached hydrogen (secondary N) is 2.